The molecule has 5 heteroatoms. The van der Waals surface area contributed by atoms with Crippen LogP contribution in [0.1, 0.15) is 20.3 Å². The van der Waals surface area contributed by atoms with Gasteiger partial charge in [-0.2, -0.15) is 0 Å². The highest BCUT2D eigenvalue weighted by molar-refractivity contribution is 5.92. The van der Waals surface area contributed by atoms with Crippen molar-refractivity contribution in [3.63, 3.8) is 0 Å². The van der Waals surface area contributed by atoms with E-state index in [1.165, 1.54) is 0 Å². The van der Waals surface area contributed by atoms with E-state index >= 15 is 0 Å². The van der Waals surface area contributed by atoms with Gasteiger partial charge < -0.3 is 14.8 Å². The maximum Gasteiger partial charge on any atom is 0.250 e. The second-order valence-electron chi connectivity index (χ2n) is 3.65. The fraction of sp³-hybridized carbons (Fsp3) is 0.500. The van der Waals surface area contributed by atoms with Crippen LogP contribution in [0.2, 0.25) is 0 Å². The number of rotatable bonds is 6. The average Bonchev–Trinajstić information content (AvgIpc) is 2.36. The number of nitrogens with one attached hydrogen (secondary N) is 1. The van der Waals surface area contributed by atoms with Crippen molar-refractivity contribution >= 4 is 11.6 Å². The monoisotopic (exact) mass is 238 g/mol. The third-order valence-corrected chi connectivity index (χ3v) is 2.35. The standard InChI is InChI=1S/C12H18N2O3/c1-4-9(2)17-8-12(15)14-10-7-13-6-5-11(10)16-3/h5-7,9H,4,8H2,1-3H3,(H,14,15). The number of pyridine rings is 1. The van der Waals surface area contributed by atoms with Crippen molar-refractivity contribution in [2.75, 3.05) is 19.0 Å². The van der Waals surface area contributed by atoms with E-state index < -0.39 is 0 Å². The van der Waals surface area contributed by atoms with Crippen molar-refractivity contribution in [2.45, 2.75) is 26.4 Å². The summed E-state index contributed by atoms with van der Waals surface area (Å²) in [6.45, 7) is 3.97. The molecule has 0 bridgehead atoms. The smallest absolute Gasteiger partial charge is 0.250 e. The summed E-state index contributed by atoms with van der Waals surface area (Å²) < 4.78 is 10.4. The molecule has 1 atom stereocenters. The SMILES string of the molecule is CCC(C)OCC(=O)Nc1cnccc1OC. The summed E-state index contributed by atoms with van der Waals surface area (Å²) in [4.78, 5) is 15.5. The van der Waals surface area contributed by atoms with Crippen LogP contribution in [0.25, 0.3) is 0 Å². The molecule has 0 aliphatic rings. The Morgan fingerprint density at radius 1 is 1.59 bits per heavy atom. The van der Waals surface area contributed by atoms with Gasteiger partial charge in [-0.3, -0.25) is 9.78 Å². The largest absolute Gasteiger partial charge is 0.494 e. The van der Waals surface area contributed by atoms with Crippen LogP contribution in [0.15, 0.2) is 18.5 Å². The highest BCUT2D eigenvalue weighted by Crippen LogP contribution is 2.21. The lowest BCUT2D eigenvalue weighted by Crippen LogP contribution is -2.21. The highest BCUT2D eigenvalue weighted by Gasteiger charge is 2.08. The van der Waals surface area contributed by atoms with Crippen LogP contribution in [0.3, 0.4) is 0 Å². The number of anilines is 1. The second kappa shape index (κ2) is 6.85. The van der Waals surface area contributed by atoms with Crippen LogP contribution in [-0.2, 0) is 9.53 Å². The van der Waals surface area contributed by atoms with Gasteiger partial charge in [0.2, 0.25) is 0 Å². The molecule has 1 N–H and O–H groups in total. The van der Waals surface area contributed by atoms with Gasteiger partial charge in [0.25, 0.3) is 5.91 Å². The van der Waals surface area contributed by atoms with E-state index in [9.17, 15) is 4.79 Å². The summed E-state index contributed by atoms with van der Waals surface area (Å²) in [5.41, 5.74) is 0.549. The van der Waals surface area contributed by atoms with E-state index in [4.69, 9.17) is 9.47 Å². The molecule has 0 aromatic carbocycles. The van der Waals surface area contributed by atoms with E-state index in [0.717, 1.165) is 6.42 Å². The molecule has 5 nitrogen and oxygen atoms in total. The molecule has 0 saturated carbocycles. The average molecular weight is 238 g/mol. The molecule has 0 fully saturated rings. The zero-order valence-corrected chi connectivity index (χ0v) is 10.4. The lowest BCUT2D eigenvalue weighted by molar-refractivity contribution is -0.122. The van der Waals surface area contributed by atoms with Gasteiger partial charge in [0.05, 0.1) is 19.4 Å². The van der Waals surface area contributed by atoms with Gasteiger partial charge in [-0.1, -0.05) is 6.92 Å². The summed E-state index contributed by atoms with van der Waals surface area (Å²) in [7, 11) is 1.54. The minimum Gasteiger partial charge on any atom is -0.494 e. The molecule has 0 saturated heterocycles. The zero-order valence-electron chi connectivity index (χ0n) is 10.4. The zero-order chi connectivity index (χ0) is 12.7. The van der Waals surface area contributed by atoms with E-state index in [-0.39, 0.29) is 18.6 Å². The second-order valence-corrected chi connectivity index (χ2v) is 3.65. The molecule has 1 amide bonds. The number of carbonyl (C=O) groups excluding carboxylic acids is 1. The first-order valence-corrected chi connectivity index (χ1v) is 5.56. The van der Waals surface area contributed by atoms with Gasteiger partial charge in [-0.15, -0.1) is 0 Å². The Labute approximate surface area is 101 Å². The molecule has 0 aliphatic heterocycles. The Bertz CT molecular complexity index is 369. The first-order chi connectivity index (χ1) is 8.17. The summed E-state index contributed by atoms with van der Waals surface area (Å²) in [5.74, 6) is 0.369. The normalized spacial score (nSPS) is 11.9. The van der Waals surface area contributed by atoms with E-state index in [1.807, 2.05) is 13.8 Å². The lowest BCUT2D eigenvalue weighted by atomic mass is 10.3. The number of nitrogens with zero attached hydrogens (tertiary/aromatic N) is 1. The Morgan fingerprint density at radius 2 is 2.35 bits per heavy atom. The summed E-state index contributed by atoms with van der Waals surface area (Å²) in [6, 6.07) is 1.69. The molecule has 1 aromatic heterocycles. The Balaban J connectivity index is 2.50. The minimum atomic E-state index is -0.211. The van der Waals surface area contributed by atoms with Gasteiger partial charge in [-0.05, 0) is 13.3 Å². The van der Waals surface area contributed by atoms with Crippen molar-refractivity contribution in [2.24, 2.45) is 0 Å². The van der Waals surface area contributed by atoms with Gasteiger partial charge in [-0.25, -0.2) is 0 Å². The lowest BCUT2D eigenvalue weighted by Gasteiger charge is -2.12. The fourth-order valence-electron chi connectivity index (χ4n) is 1.18. The number of methoxy groups -OCH3 is 1. The Kier molecular flexibility index (Phi) is 5.42. The van der Waals surface area contributed by atoms with Crippen molar-refractivity contribution in [1.82, 2.24) is 4.98 Å². The fourth-order valence-corrected chi connectivity index (χ4v) is 1.18. The first kappa shape index (κ1) is 13.4. The van der Waals surface area contributed by atoms with Crippen LogP contribution in [0.4, 0.5) is 5.69 Å². The molecule has 94 valence electrons. The van der Waals surface area contributed by atoms with Crippen LogP contribution in [0, 0.1) is 0 Å². The molecule has 1 unspecified atom stereocenters. The maximum absolute atomic E-state index is 11.6. The van der Waals surface area contributed by atoms with Crippen LogP contribution >= 0.6 is 0 Å². The molecule has 0 aliphatic carbocycles. The third-order valence-electron chi connectivity index (χ3n) is 2.35. The van der Waals surface area contributed by atoms with Gasteiger partial charge in [0.15, 0.2) is 0 Å². The van der Waals surface area contributed by atoms with Crippen LogP contribution in [-0.4, -0.2) is 30.7 Å². The number of amides is 1. The van der Waals surface area contributed by atoms with Crippen molar-refractivity contribution in [1.29, 1.82) is 0 Å². The van der Waals surface area contributed by atoms with Crippen molar-refractivity contribution < 1.29 is 14.3 Å². The molecule has 0 spiro atoms. The van der Waals surface area contributed by atoms with Crippen LogP contribution in [0.5, 0.6) is 5.75 Å². The topological polar surface area (TPSA) is 60.5 Å². The van der Waals surface area contributed by atoms with Gasteiger partial charge in [0, 0.05) is 12.3 Å². The van der Waals surface area contributed by atoms with E-state index in [2.05, 4.69) is 10.3 Å². The number of aromatic nitrogens is 1. The minimum absolute atomic E-state index is 0.0348. The predicted octanol–water partition coefficient (Wildman–Crippen LogP) is 1.84. The quantitative estimate of drug-likeness (QED) is 0.821. The molecule has 1 heterocycles. The summed E-state index contributed by atoms with van der Waals surface area (Å²) in [5, 5.41) is 2.69. The van der Waals surface area contributed by atoms with Crippen molar-refractivity contribution in [3.05, 3.63) is 18.5 Å². The van der Waals surface area contributed by atoms with Gasteiger partial charge >= 0.3 is 0 Å². The van der Waals surface area contributed by atoms with Gasteiger partial charge in [0.1, 0.15) is 18.0 Å². The number of hydrogen-bond donors (Lipinski definition) is 1. The molecule has 1 rings (SSSR count). The van der Waals surface area contributed by atoms with E-state index in [0.29, 0.717) is 11.4 Å². The maximum atomic E-state index is 11.6. The predicted molar refractivity (Wildman–Crippen MR) is 65.1 cm³/mol. The molecule has 0 radical (unpaired) electrons. The molecule has 17 heavy (non-hydrogen) atoms. The van der Waals surface area contributed by atoms with Crippen LogP contribution < -0.4 is 10.1 Å². The Hall–Kier alpha value is -1.62. The van der Waals surface area contributed by atoms with Crippen molar-refractivity contribution in [3.8, 4) is 5.75 Å². The molecule has 1 aromatic rings. The summed E-state index contributed by atoms with van der Waals surface area (Å²) in [6.07, 6.45) is 4.10. The third kappa shape index (κ3) is 4.40. The number of ether oxygens (including phenoxy) is 2. The number of hydrogen-bond acceptors (Lipinski definition) is 4. The van der Waals surface area contributed by atoms with E-state index in [1.54, 1.807) is 25.6 Å². The summed E-state index contributed by atoms with van der Waals surface area (Å²) >= 11 is 0. The number of carbonyl (C=O) groups is 1. The Morgan fingerprint density at radius 3 is 3.00 bits per heavy atom. The molecular weight excluding hydrogens is 220 g/mol. The first-order valence-electron chi connectivity index (χ1n) is 5.56. The molecular formula is C12H18N2O3. The highest BCUT2D eigenvalue weighted by atomic mass is 16.5.